The number of hydrogen-bond donors (Lipinski definition) is 3. The van der Waals surface area contributed by atoms with Gasteiger partial charge in [0.2, 0.25) is 0 Å². The Morgan fingerprint density at radius 2 is 1.75 bits per heavy atom. The third-order valence-electron chi connectivity index (χ3n) is 6.50. The van der Waals surface area contributed by atoms with Crippen molar-refractivity contribution in [3.05, 3.63) is 93.4 Å². The summed E-state index contributed by atoms with van der Waals surface area (Å²) in [6.45, 7) is 3.42. The molecule has 7 nitrogen and oxygen atoms in total. The number of aliphatic hydroxyl groups is 2. The maximum atomic E-state index is 13.6. The number of hydrogen-bond acceptors (Lipinski definition) is 6. The molecule has 4 rings (SSSR count). The van der Waals surface area contributed by atoms with Crippen LogP contribution in [-0.4, -0.2) is 45.4 Å². The first kappa shape index (κ1) is 25.9. The number of Topliss-reactive ketones (excluding diaryl/α,β-unsaturated/α-hetero) is 1. The highest BCUT2D eigenvalue weighted by Gasteiger charge is 2.35. The van der Waals surface area contributed by atoms with E-state index < -0.39 is 30.2 Å². The van der Waals surface area contributed by atoms with Gasteiger partial charge in [-0.2, -0.15) is 0 Å². The first-order chi connectivity index (χ1) is 17.1. The van der Waals surface area contributed by atoms with Gasteiger partial charge in [-0.1, -0.05) is 44.2 Å². The summed E-state index contributed by atoms with van der Waals surface area (Å²) >= 11 is 1.56. The molecule has 1 aliphatic rings. The normalized spacial score (nSPS) is 16.2. The van der Waals surface area contributed by atoms with E-state index >= 15 is 0 Å². The molecule has 1 heterocycles. The largest absolute Gasteiger partial charge is 0.394 e. The van der Waals surface area contributed by atoms with Crippen molar-refractivity contribution >= 4 is 23.5 Å². The molecule has 0 saturated carbocycles. The minimum Gasteiger partial charge on any atom is -0.394 e. The Bertz CT molecular complexity index is 1330. The fourth-order valence-corrected chi connectivity index (χ4v) is 5.04. The van der Waals surface area contributed by atoms with Gasteiger partial charge in [-0.05, 0) is 54.0 Å². The van der Waals surface area contributed by atoms with Crippen molar-refractivity contribution < 1.29 is 19.8 Å². The van der Waals surface area contributed by atoms with E-state index in [1.54, 1.807) is 48.2 Å². The smallest absolute Gasteiger partial charge is 0.268 e. The van der Waals surface area contributed by atoms with Crippen LogP contribution in [0.1, 0.15) is 58.3 Å². The van der Waals surface area contributed by atoms with E-state index in [9.17, 15) is 24.6 Å². The molecule has 0 bridgehead atoms. The number of pyridine rings is 1. The molecule has 0 spiro atoms. The van der Waals surface area contributed by atoms with E-state index in [4.69, 9.17) is 0 Å². The monoisotopic (exact) mass is 506 g/mol. The number of carbonyl (C=O) groups is 2. The molecule has 0 aliphatic heterocycles. The average Bonchev–Trinajstić information content (AvgIpc) is 2.86. The van der Waals surface area contributed by atoms with Gasteiger partial charge in [-0.25, -0.2) is 0 Å². The van der Waals surface area contributed by atoms with Crippen molar-refractivity contribution in [3.8, 4) is 5.69 Å². The van der Waals surface area contributed by atoms with Crippen LogP contribution < -0.4 is 10.9 Å². The molecule has 2 atom stereocenters. The van der Waals surface area contributed by atoms with Gasteiger partial charge < -0.3 is 15.5 Å². The second-order valence-corrected chi connectivity index (χ2v) is 10.7. The molecule has 1 aromatic heterocycles. The number of nitrogens with zero attached hydrogens (tertiary/aromatic N) is 1. The molecule has 3 N–H and O–H groups in total. The number of fused-ring (bicyclic) bond motifs is 1. The van der Waals surface area contributed by atoms with Crippen LogP contribution in [0.2, 0.25) is 0 Å². The molecular weight excluding hydrogens is 476 g/mol. The van der Waals surface area contributed by atoms with Crippen molar-refractivity contribution in [3.63, 3.8) is 0 Å². The minimum absolute atomic E-state index is 0.132. The third-order valence-corrected chi connectivity index (χ3v) is 7.24. The van der Waals surface area contributed by atoms with Gasteiger partial charge in [-0.3, -0.25) is 19.0 Å². The molecule has 188 valence electrons. The SMILES string of the molecule is CSc1ccc(C(O)C(CO)NC(=O)c2cc3c(n(-c4ccccc4)c2=O)CC(C)(C)CC3=O)cc1. The number of ketones is 1. The Kier molecular flexibility index (Phi) is 7.49. The molecule has 0 fully saturated rings. The number of carbonyl (C=O) groups excluding carboxylic acids is 2. The number of aliphatic hydroxyl groups excluding tert-OH is 2. The van der Waals surface area contributed by atoms with E-state index in [1.165, 1.54) is 10.6 Å². The van der Waals surface area contributed by atoms with Gasteiger partial charge in [0, 0.05) is 28.3 Å². The Morgan fingerprint density at radius 3 is 2.36 bits per heavy atom. The highest BCUT2D eigenvalue weighted by atomic mass is 32.2. The summed E-state index contributed by atoms with van der Waals surface area (Å²) in [6, 6.07) is 16.4. The molecule has 2 aromatic carbocycles. The molecule has 1 amide bonds. The topological polar surface area (TPSA) is 109 Å². The molecular formula is C28H30N2O5S. The summed E-state index contributed by atoms with van der Waals surface area (Å²) in [6.07, 6.45) is 1.56. The summed E-state index contributed by atoms with van der Waals surface area (Å²) in [5, 5.41) is 23.3. The van der Waals surface area contributed by atoms with E-state index in [0.717, 1.165) is 4.90 Å². The number of rotatable bonds is 7. The van der Waals surface area contributed by atoms with Gasteiger partial charge in [0.05, 0.1) is 12.6 Å². The number of amides is 1. The summed E-state index contributed by atoms with van der Waals surface area (Å²) in [5.74, 6) is -0.892. The summed E-state index contributed by atoms with van der Waals surface area (Å²) < 4.78 is 1.44. The standard InChI is InChI=1S/C28H30N2O5S/c1-28(2)14-23-20(24(32)15-28)13-21(27(35)30(23)18-7-5-4-6-8-18)26(34)29-22(16-31)25(33)17-9-11-19(36-3)12-10-17/h4-13,22,25,31,33H,14-16H2,1-3H3,(H,29,34). The molecule has 3 aromatic rings. The highest BCUT2D eigenvalue weighted by Crippen LogP contribution is 2.35. The zero-order valence-corrected chi connectivity index (χ0v) is 21.3. The maximum absolute atomic E-state index is 13.6. The van der Waals surface area contributed by atoms with Crippen molar-refractivity contribution in [2.24, 2.45) is 5.41 Å². The van der Waals surface area contributed by atoms with E-state index in [1.807, 2.05) is 38.3 Å². The van der Waals surface area contributed by atoms with Crippen molar-refractivity contribution in [2.75, 3.05) is 12.9 Å². The Balaban J connectivity index is 1.74. The van der Waals surface area contributed by atoms with Crippen LogP contribution in [0, 0.1) is 5.41 Å². The van der Waals surface area contributed by atoms with Gasteiger partial charge in [0.15, 0.2) is 5.78 Å². The van der Waals surface area contributed by atoms with E-state index in [-0.39, 0.29) is 16.8 Å². The lowest BCUT2D eigenvalue weighted by molar-refractivity contribution is 0.0701. The molecule has 36 heavy (non-hydrogen) atoms. The highest BCUT2D eigenvalue weighted by molar-refractivity contribution is 7.98. The van der Waals surface area contributed by atoms with Crippen molar-refractivity contribution in [1.82, 2.24) is 9.88 Å². The summed E-state index contributed by atoms with van der Waals surface area (Å²) in [4.78, 5) is 41.0. The summed E-state index contributed by atoms with van der Waals surface area (Å²) in [5.41, 5.74) is 0.915. The summed E-state index contributed by atoms with van der Waals surface area (Å²) in [7, 11) is 0. The second kappa shape index (κ2) is 10.4. The predicted octanol–water partition coefficient (Wildman–Crippen LogP) is 3.54. The van der Waals surface area contributed by atoms with Gasteiger partial charge in [0.1, 0.15) is 11.7 Å². The predicted molar refractivity (Wildman–Crippen MR) is 140 cm³/mol. The van der Waals surface area contributed by atoms with Gasteiger partial charge >= 0.3 is 0 Å². The lowest BCUT2D eigenvalue weighted by atomic mass is 9.75. The Morgan fingerprint density at radius 1 is 1.08 bits per heavy atom. The van der Waals surface area contributed by atoms with Crippen LogP contribution in [0.4, 0.5) is 0 Å². The lowest BCUT2D eigenvalue weighted by Gasteiger charge is -2.32. The van der Waals surface area contributed by atoms with E-state index in [0.29, 0.717) is 35.3 Å². The van der Waals surface area contributed by atoms with Crippen LogP contribution in [0.15, 0.2) is 70.4 Å². The zero-order chi connectivity index (χ0) is 26.0. The minimum atomic E-state index is -1.19. The number of para-hydroxylation sites is 1. The zero-order valence-electron chi connectivity index (χ0n) is 20.5. The molecule has 2 unspecified atom stereocenters. The fourth-order valence-electron chi connectivity index (χ4n) is 4.63. The fraction of sp³-hybridized carbons (Fsp3) is 0.321. The van der Waals surface area contributed by atoms with Crippen LogP contribution >= 0.6 is 11.8 Å². The van der Waals surface area contributed by atoms with Crippen molar-refractivity contribution in [2.45, 2.75) is 43.7 Å². The molecule has 0 saturated heterocycles. The first-order valence-corrected chi connectivity index (χ1v) is 13.0. The average molecular weight is 507 g/mol. The van der Waals surface area contributed by atoms with Crippen LogP contribution in [0.25, 0.3) is 5.69 Å². The molecule has 8 heteroatoms. The first-order valence-electron chi connectivity index (χ1n) is 11.8. The van der Waals surface area contributed by atoms with Crippen LogP contribution in [-0.2, 0) is 6.42 Å². The van der Waals surface area contributed by atoms with Crippen molar-refractivity contribution in [1.29, 1.82) is 0 Å². The lowest BCUT2D eigenvalue weighted by Crippen LogP contribution is -2.45. The van der Waals surface area contributed by atoms with E-state index in [2.05, 4.69) is 5.32 Å². The second-order valence-electron chi connectivity index (χ2n) is 9.82. The molecule has 0 radical (unpaired) electrons. The van der Waals surface area contributed by atoms with Crippen LogP contribution in [0.3, 0.4) is 0 Å². The Hall–Kier alpha value is -3.20. The van der Waals surface area contributed by atoms with Gasteiger partial charge in [-0.15, -0.1) is 11.8 Å². The van der Waals surface area contributed by atoms with Crippen LogP contribution in [0.5, 0.6) is 0 Å². The maximum Gasteiger partial charge on any atom is 0.268 e. The quantitative estimate of drug-likeness (QED) is 0.423. The number of thioether (sulfide) groups is 1. The molecule has 1 aliphatic carbocycles. The Labute approximate surface area is 214 Å². The number of aromatic nitrogens is 1. The number of nitrogens with one attached hydrogen (secondary N) is 1. The third kappa shape index (κ3) is 5.16. The van der Waals surface area contributed by atoms with Gasteiger partial charge in [0.25, 0.3) is 11.5 Å². The number of benzene rings is 2.